The monoisotopic (exact) mass is 440 g/mol. The highest BCUT2D eigenvalue weighted by atomic mass is 127. The zero-order chi connectivity index (χ0) is 17.5. The van der Waals surface area contributed by atoms with Crippen LogP contribution in [0.1, 0.15) is 86.0 Å². The Kier molecular flexibility index (Phi) is 16.6. The number of hydrogen-bond donors (Lipinski definition) is 0. The SMILES string of the molecule is CCCCCOCOCCCC(C)CC(C)CC(C)CC(C)I. The van der Waals surface area contributed by atoms with Crippen LogP contribution in [-0.2, 0) is 9.47 Å². The normalized spacial score (nSPS) is 17.0. The van der Waals surface area contributed by atoms with E-state index in [2.05, 4.69) is 57.2 Å². The minimum absolute atomic E-state index is 0.473. The minimum Gasteiger partial charge on any atom is -0.355 e. The second-order valence-corrected chi connectivity index (χ2v) is 9.71. The summed E-state index contributed by atoms with van der Waals surface area (Å²) in [7, 11) is 0. The molecular weight excluding hydrogens is 399 g/mol. The lowest BCUT2D eigenvalue weighted by Gasteiger charge is -2.21. The molecule has 0 aromatic heterocycles. The molecule has 0 fully saturated rings. The van der Waals surface area contributed by atoms with Crippen molar-refractivity contribution in [1.29, 1.82) is 0 Å². The van der Waals surface area contributed by atoms with Crippen molar-refractivity contribution >= 4 is 22.6 Å². The highest BCUT2D eigenvalue weighted by Crippen LogP contribution is 2.25. The Hall–Kier alpha value is 0.650. The number of hydrogen-bond acceptors (Lipinski definition) is 2. The smallest absolute Gasteiger partial charge is 0.146 e. The Morgan fingerprint density at radius 1 is 0.739 bits per heavy atom. The first-order valence-electron chi connectivity index (χ1n) is 9.75. The minimum atomic E-state index is 0.473. The molecule has 0 saturated carbocycles. The molecule has 0 N–H and O–H groups in total. The van der Waals surface area contributed by atoms with Crippen molar-refractivity contribution in [3.05, 3.63) is 0 Å². The molecule has 3 heteroatoms. The van der Waals surface area contributed by atoms with Crippen molar-refractivity contribution in [2.45, 2.75) is 89.9 Å². The van der Waals surface area contributed by atoms with Crippen LogP contribution < -0.4 is 0 Å². The summed E-state index contributed by atoms with van der Waals surface area (Å²) in [5.41, 5.74) is 0. The second-order valence-electron chi connectivity index (χ2n) is 7.59. The van der Waals surface area contributed by atoms with Crippen LogP contribution >= 0.6 is 22.6 Å². The average molecular weight is 440 g/mol. The van der Waals surface area contributed by atoms with E-state index in [1.807, 2.05) is 0 Å². The maximum absolute atomic E-state index is 5.55. The molecule has 0 heterocycles. The largest absolute Gasteiger partial charge is 0.355 e. The van der Waals surface area contributed by atoms with E-state index in [-0.39, 0.29) is 0 Å². The van der Waals surface area contributed by atoms with Crippen LogP contribution in [0.3, 0.4) is 0 Å². The fourth-order valence-electron chi connectivity index (χ4n) is 3.40. The van der Waals surface area contributed by atoms with Gasteiger partial charge in [0.1, 0.15) is 6.79 Å². The summed E-state index contributed by atoms with van der Waals surface area (Å²) in [5.74, 6) is 2.51. The van der Waals surface area contributed by atoms with Gasteiger partial charge in [0.2, 0.25) is 0 Å². The molecule has 0 rings (SSSR count). The van der Waals surface area contributed by atoms with Gasteiger partial charge in [0.25, 0.3) is 0 Å². The van der Waals surface area contributed by atoms with E-state index in [9.17, 15) is 0 Å². The van der Waals surface area contributed by atoms with Crippen LogP contribution in [0, 0.1) is 17.8 Å². The van der Waals surface area contributed by atoms with Crippen molar-refractivity contribution in [2.75, 3.05) is 20.0 Å². The van der Waals surface area contributed by atoms with E-state index >= 15 is 0 Å². The summed E-state index contributed by atoms with van der Waals surface area (Å²) < 4.78 is 11.8. The molecule has 0 aliphatic rings. The number of halogens is 1. The third-order valence-corrected chi connectivity index (χ3v) is 4.89. The van der Waals surface area contributed by atoms with Gasteiger partial charge in [0.15, 0.2) is 0 Å². The molecule has 4 atom stereocenters. The number of ether oxygens (including phenoxy) is 2. The zero-order valence-corrected chi connectivity index (χ0v) is 18.4. The summed E-state index contributed by atoms with van der Waals surface area (Å²) in [6.45, 7) is 13.9. The van der Waals surface area contributed by atoms with E-state index in [4.69, 9.17) is 9.47 Å². The molecule has 0 radical (unpaired) electrons. The molecule has 0 aliphatic heterocycles. The number of alkyl halides is 1. The van der Waals surface area contributed by atoms with Gasteiger partial charge in [-0.3, -0.25) is 0 Å². The molecule has 0 aliphatic carbocycles. The lowest BCUT2D eigenvalue weighted by Crippen LogP contribution is -2.11. The van der Waals surface area contributed by atoms with Crippen LogP contribution in [0.4, 0.5) is 0 Å². The molecule has 0 aromatic carbocycles. The van der Waals surface area contributed by atoms with E-state index in [0.717, 1.165) is 47.7 Å². The first-order chi connectivity index (χ1) is 11.0. The van der Waals surface area contributed by atoms with E-state index in [0.29, 0.717) is 6.79 Å². The molecule has 0 amide bonds. The first kappa shape index (κ1) is 23.6. The molecule has 0 bridgehead atoms. The molecule has 4 unspecified atom stereocenters. The van der Waals surface area contributed by atoms with Crippen molar-refractivity contribution in [3.8, 4) is 0 Å². The Bertz CT molecular complexity index is 246. The fourth-order valence-corrected chi connectivity index (χ4v) is 4.27. The van der Waals surface area contributed by atoms with Crippen molar-refractivity contribution in [1.82, 2.24) is 0 Å². The lowest BCUT2D eigenvalue weighted by molar-refractivity contribution is -0.0561. The standard InChI is InChI=1S/C20H41IO2/c1-6-7-8-11-22-16-23-12-9-10-17(2)13-18(3)14-19(4)15-20(5)21/h17-20H,6-16H2,1-5H3. The molecule has 0 aromatic rings. The maximum Gasteiger partial charge on any atom is 0.146 e. The fraction of sp³-hybridized carbons (Fsp3) is 1.00. The summed E-state index contributed by atoms with van der Waals surface area (Å²) >= 11 is 2.54. The van der Waals surface area contributed by atoms with E-state index in [1.54, 1.807) is 0 Å². The predicted molar refractivity (Wildman–Crippen MR) is 110 cm³/mol. The third kappa shape index (κ3) is 17.3. The Balaban J connectivity index is 3.46. The van der Waals surface area contributed by atoms with Crippen molar-refractivity contribution in [3.63, 3.8) is 0 Å². The lowest BCUT2D eigenvalue weighted by atomic mass is 9.86. The van der Waals surface area contributed by atoms with Gasteiger partial charge in [-0.1, -0.05) is 70.1 Å². The van der Waals surface area contributed by atoms with Gasteiger partial charge in [0, 0.05) is 17.1 Å². The maximum atomic E-state index is 5.55. The first-order valence-corrected chi connectivity index (χ1v) is 11.0. The Morgan fingerprint density at radius 2 is 1.30 bits per heavy atom. The van der Waals surface area contributed by atoms with Gasteiger partial charge in [-0.25, -0.2) is 0 Å². The van der Waals surface area contributed by atoms with Crippen molar-refractivity contribution in [2.24, 2.45) is 17.8 Å². The van der Waals surface area contributed by atoms with Crippen LogP contribution in [0.15, 0.2) is 0 Å². The topological polar surface area (TPSA) is 18.5 Å². The van der Waals surface area contributed by atoms with Gasteiger partial charge in [-0.15, -0.1) is 0 Å². The summed E-state index contributed by atoms with van der Waals surface area (Å²) in [4.78, 5) is 0. The van der Waals surface area contributed by atoms with Gasteiger partial charge < -0.3 is 9.47 Å². The molecule has 0 spiro atoms. The highest BCUT2D eigenvalue weighted by molar-refractivity contribution is 14.1. The predicted octanol–water partition coefficient (Wildman–Crippen LogP) is 6.85. The van der Waals surface area contributed by atoms with Gasteiger partial charge >= 0.3 is 0 Å². The number of rotatable bonds is 16. The van der Waals surface area contributed by atoms with Gasteiger partial charge in [-0.2, -0.15) is 0 Å². The third-order valence-electron chi connectivity index (χ3n) is 4.38. The summed E-state index contributed by atoms with van der Waals surface area (Å²) in [6, 6.07) is 0. The Labute approximate surface area is 159 Å². The van der Waals surface area contributed by atoms with E-state index in [1.165, 1.54) is 38.5 Å². The molecule has 2 nitrogen and oxygen atoms in total. The van der Waals surface area contributed by atoms with Crippen LogP contribution in [0.25, 0.3) is 0 Å². The molecule has 23 heavy (non-hydrogen) atoms. The highest BCUT2D eigenvalue weighted by Gasteiger charge is 2.13. The zero-order valence-electron chi connectivity index (χ0n) is 16.3. The Morgan fingerprint density at radius 3 is 1.91 bits per heavy atom. The average Bonchev–Trinajstić information content (AvgIpc) is 2.44. The quantitative estimate of drug-likeness (QED) is 0.113. The number of unbranched alkanes of at least 4 members (excludes halogenated alkanes) is 2. The van der Waals surface area contributed by atoms with Crippen molar-refractivity contribution < 1.29 is 9.47 Å². The molecular formula is C20H41IO2. The van der Waals surface area contributed by atoms with E-state index < -0.39 is 0 Å². The van der Waals surface area contributed by atoms with Crippen LogP contribution in [0.2, 0.25) is 0 Å². The molecule has 140 valence electrons. The van der Waals surface area contributed by atoms with Crippen LogP contribution in [0.5, 0.6) is 0 Å². The van der Waals surface area contributed by atoms with Crippen LogP contribution in [-0.4, -0.2) is 23.9 Å². The summed E-state index contributed by atoms with van der Waals surface area (Å²) in [6.07, 6.45) is 10.2. The second kappa shape index (κ2) is 16.1. The summed E-state index contributed by atoms with van der Waals surface area (Å²) in [5, 5.41) is 0. The van der Waals surface area contributed by atoms with Gasteiger partial charge in [-0.05, 0) is 56.3 Å². The van der Waals surface area contributed by atoms with Gasteiger partial charge in [0.05, 0.1) is 0 Å². The molecule has 0 saturated heterocycles.